The zero-order chi connectivity index (χ0) is 11.4. The van der Waals surface area contributed by atoms with Crippen LogP contribution in [0.15, 0.2) is 0 Å². The summed E-state index contributed by atoms with van der Waals surface area (Å²) in [6, 6.07) is 0. The lowest BCUT2D eigenvalue weighted by molar-refractivity contribution is 0.131. The summed E-state index contributed by atoms with van der Waals surface area (Å²) >= 11 is 0. The fourth-order valence-corrected chi connectivity index (χ4v) is 2.99. The minimum atomic E-state index is 0.564. The molecule has 0 aromatic carbocycles. The summed E-state index contributed by atoms with van der Waals surface area (Å²) in [6.07, 6.45) is 4.03. The Morgan fingerprint density at radius 1 is 1.06 bits per heavy atom. The minimum absolute atomic E-state index is 0.564. The summed E-state index contributed by atoms with van der Waals surface area (Å²) in [6.45, 7) is 11.3. The fraction of sp³-hybridized carbons (Fsp3) is 1.00. The van der Waals surface area contributed by atoms with Gasteiger partial charge in [0.05, 0.1) is 0 Å². The molecule has 0 aromatic rings. The molecule has 16 heavy (non-hydrogen) atoms. The van der Waals surface area contributed by atoms with Gasteiger partial charge >= 0.3 is 0 Å². The number of piperidine rings is 1. The van der Waals surface area contributed by atoms with Crippen molar-refractivity contribution in [1.82, 2.24) is 15.1 Å². The van der Waals surface area contributed by atoms with E-state index >= 15 is 0 Å². The van der Waals surface area contributed by atoms with Crippen molar-refractivity contribution >= 4 is 0 Å². The number of hydrogen-bond donors (Lipinski definition) is 1. The molecule has 0 spiro atoms. The quantitative estimate of drug-likeness (QED) is 0.757. The number of likely N-dealkylation sites (N-methyl/N-ethyl adjacent to an activating group) is 1. The second-order valence-corrected chi connectivity index (χ2v) is 5.99. The van der Waals surface area contributed by atoms with Gasteiger partial charge in [0.2, 0.25) is 0 Å². The third-order valence-electron chi connectivity index (χ3n) is 4.23. The molecule has 0 aliphatic carbocycles. The van der Waals surface area contributed by atoms with E-state index in [-0.39, 0.29) is 0 Å². The van der Waals surface area contributed by atoms with E-state index in [2.05, 4.69) is 29.1 Å². The number of nitrogens with one attached hydrogen (secondary N) is 1. The lowest BCUT2D eigenvalue weighted by Gasteiger charge is -2.38. The molecule has 0 aromatic heterocycles. The molecule has 2 aliphatic heterocycles. The van der Waals surface area contributed by atoms with Gasteiger partial charge in [0.25, 0.3) is 0 Å². The van der Waals surface area contributed by atoms with Gasteiger partial charge in [-0.15, -0.1) is 0 Å². The van der Waals surface area contributed by atoms with Gasteiger partial charge in [-0.1, -0.05) is 6.92 Å². The van der Waals surface area contributed by atoms with Crippen molar-refractivity contribution in [1.29, 1.82) is 0 Å². The molecule has 2 aliphatic rings. The number of nitrogens with zero attached hydrogens (tertiary/aromatic N) is 2. The van der Waals surface area contributed by atoms with Crippen molar-refractivity contribution in [3.8, 4) is 0 Å². The summed E-state index contributed by atoms with van der Waals surface area (Å²) in [5.41, 5.74) is 0.564. The highest BCUT2D eigenvalue weighted by Gasteiger charge is 2.29. The van der Waals surface area contributed by atoms with Gasteiger partial charge in [-0.3, -0.25) is 0 Å². The topological polar surface area (TPSA) is 18.5 Å². The van der Waals surface area contributed by atoms with E-state index in [0.29, 0.717) is 5.41 Å². The second kappa shape index (κ2) is 5.48. The molecule has 0 atom stereocenters. The Kier molecular flexibility index (Phi) is 4.22. The zero-order valence-electron chi connectivity index (χ0n) is 11.0. The van der Waals surface area contributed by atoms with E-state index in [4.69, 9.17) is 0 Å². The lowest BCUT2D eigenvalue weighted by atomic mass is 9.80. The van der Waals surface area contributed by atoms with Crippen LogP contribution < -0.4 is 5.32 Å². The van der Waals surface area contributed by atoms with Gasteiger partial charge in [0, 0.05) is 19.6 Å². The van der Waals surface area contributed by atoms with Crippen LogP contribution in [0, 0.1) is 5.41 Å². The van der Waals surface area contributed by atoms with Crippen LogP contribution in [-0.2, 0) is 0 Å². The Bertz CT molecular complexity index is 211. The average Bonchev–Trinajstić information content (AvgIpc) is 2.44. The molecule has 0 amide bonds. The van der Waals surface area contributed by atoms with Crippen LogP contribution >= 0.6 is 0 Å². The van der Waals surface area contributed by atoms with Gasteiger partial charge in [-0.2, -0.15) is 0 Å². The monoisotopic (exact) mass is 225 g/mol. The Labute approximate surface area is 100 Å². The third-order valence-corrected chi connectivity index (χ3v) is 4.23. The first-order chi connectivity index (χ1) is 7.68. The molecule has 0 bridgehead atoms. The molecule has 2 rings (SSSR count). The van der Waals surface area contributed by atoms with E-state index in [1.807, 2.05) is 0 Å². The maximum Gasteiger partial charge on any atom is 0.0109 e. The van der Waals surface area contributed by atoms with Crippen molar-refractivity contribution < 1.29 is 0 Å². The van der Waals surface area contributed by atoms with Crippen LogP contribution in [0.25, 0.3) is 0 Å². The summed E-state index contributed by atoms with van der Waals surface area (Å²) in [7, 11) is 2.25. The average molecular weight is 225 g/mol. The molecule has 3 nitrogen and oxygen atoms in total. The fourth-order valence-electron chi connectivity index (χ4n) is 2.99. The molecule has 0 saturated carbocycles. The zero-order valence-corrected chi connectivity index (χ0v) is 11.0. The summed E-state index contributed by atoms with van der Waals surface area (Å²) in [4.78, 5) is 5.15. The molecular formula is C13H27N3. The molecule has 2 saturated heterocycles. The first-order valence-corrected chi connectivity index (χ1v) is 6.80. The number of hydrogen-bond acceptors (Lipinski definition) is 3. The summed E-state index contributed by atoms with van der Waals surface area (Å²) < 4.78 is 0. The van der Waals surface area contributed by atoms with Crippen molar-refractivity contribution in [3.05, 3.63) is 0 Å². The SMILES string of the molecule is CN1CCCN(CC2(C)CCNCC2)CC1. The third kappa shape index (κ3) is 3.44. The Hall–Kier alpha value is -0.120. The maximum atomic E-state index is 3.47. The van der Waals surface area contributed by atoms with E-state index < -0.39 is 0 Å². The molecule has 94 valence electrons. The summed E-state index contributed by atoms with van der Waals surface area (Å²) in [5.74, 6) is 0. The largest absolute Gasteiger partial charge is 0.317 e. The molecule has 3 heteroatoms. The first kappa shape index (κ1) is 12.3. The van der Waals surface area contributed by atoms with Crippen molar-refractivity contribution in [2.24, 2.45) is 5.41 Å². The van der Waals surface area contributed by atoms with Gasteiger partial charge in [-0.05, 0) is 57.9 Å². The van der Waals surface area contributed by atoms with E-state index in [1.54, 1.807) is 0 Å². The molecular weight excluding hydrogens is 198 g/mol. The molecule has 2 fully saturated rings. The van der Waals surface area contributed by atoms with Crippen LogP contribution in [0.2, 0.25) is 0 Å². The lowest BCUT2D eigenvalue weighted by Crippen LogP contribution is -2.44. The standard InChI is InChI=1S/C13H27N3/c1-13(4-6-14-7-5-13)12-16-9-3-8-15(2)10-11-16/h14H,3-12H2,1-2H3. The van der Waals surface area contributed by atoms with Gasteiger partial charge < -0.3 is 15.1 Å². The first-order valence-electron chi connectivity index (χ1n) is 6.80. The highest BCUT2D eigenvalue weighted by atomic mass is 15.2. The van der Waals surface area contributed by atoms with Gasteiger partial charge in [-0.25, -0.2) is 0 Å². The van der Waals surface area contributed by atoms with Crippen LogP contribution in [0.3, 0.4) is 0 Å². The molecule has 0 unspecified atom stereocenters. The van der Waals surface area contributed by atoms with E-state index in [9.17, 15) is 0 Å². The Morgan fingerprint density at radius 3 is 2.56 bits per heavy atom. The van der Waals surface area contributed by atoms with Crippen molar-refractivity contribution in [2.75, 3.05) is 52.9 Å². The highest BCUT2D eigenvalue weighted by Crippen LogP contribution is 2.29. The normalized spacial score (nSPS) is 28.9. The predicted molar refractivity (Wildman–Crippen MR) is 68.8 cm³/mol. The molecule has 1 N–H and O–H groups in total. The van der Waals surface area contributed by atoms with E-state index in [1.165, 1.54) is 65.1 Å². The van der Waals surface area contributed by atoms with Crippen LogP contribution in [0.5, 0.6) is 0 Å². The maximum absolute atomic E-state index is 3.47. The minimum Gasteiger partial charge on any atom is -0.317 e. The Balaban J connectivity index is 1.83. The van der Waals surface area contributed by atoms with Crippen LogP contribution in [0.4, 0.5) is 0 Å². The van der Waals surface area contributed by atoms with Gasteiger partial charge in [0.1, 0.15) is 0 Å². The number of rotatable bonds is 2. The van der Waals surface area contributed by atoms with E-state index in [0.717, 1.165) is 0 Å². The predicted octanol–water partition coefficient (Wildman–Crippen LogP) is 1.01. The van der Waals surface area contributed by atoms with Crippen LogP contribution in [-0.4, -0.2) is 62.7 Å². The van der Waals surface area contributed by atoms with Gasteiger partial charge in [0.15, 0.2) is 0 Å². The molecule has 2 heterocycles. The highest BCUT2D eigenvalue weighted by molar-refractivity contribution is 4.84. The summed E-state index contributed by atoms with van der Waals surface area (Å²) in [5, 5.41) is 3.47. The second-order valence-electron chi connectivity index (χ2n) is 5.99. The molecule has 0 radical (unpaired) electrons. The van der Waals surface area contributed by atoms with Crippen molar-refractivity contribution in [3.63, 3.8) is 0 Å². The van der Waals surface area contributed by atoms with Crippen molar-refractivity contribution in [2.45, 2.75) is 26.2 Å². The smallest absolute Gasteiger partial charge is 0.0109 e. The Morgan fingerprint density at radius 2 is 1.81 bits per heavy atom. The van der Waals surface area contributed by atoms with Crippen LogP contribution in [0.1, 0.15) is 26.2 Å².